The fourth-order valence-corrected chi connectivity index (χ4v) is 0.572. The van der Waals surface area contributed by atoms with Crippen molar-refractivity contribution in [2.45, 2.75) is 19.2 Å². The number of rotatable bonds is 5. The van der Waals surface area contributed by atoms with Crippen molar-refractivity contribution in [3.63, 3.8) is 0 Å². The Labute approximate surface area is 79.0 Å². The van der Waals surface area contributed by atoms with E-state index in [1.807, 2.05) is 5.32 Å². The normalized spacial score (nSPS) is 13.8. The van der Waals surface area contributed by atoms with E-state index in [-0.39, 0.29) is 6.61 Å². The molecule has 0 aromatic carbocycles. The third-order valence-electron chi connectivity index (χ3n) is 1.31. The van der Waals surface area contributed by atoms with Gasteiger partial charge in [0.1, 0.15) is 6.61 Å². The molecule has 0 saturated carbocycles. The molecule has 1 atom stereocenters. The van der Waals surface area contributed by atoms with Gasteiger partial charge in [0, 0.05) is 6.61 Å². The number of ether oxygens (including phenoxy) is 1. The lowest BCUT2D eigenvalue weighted by molar-refractivity contribution is -0.201. The Bertz CT molecular complexity index is 184. The number of nitrogens with one attached hydrogen (secondary N) is 1. The lowest BCUT2D eigenvalue weighted by Gasteiger charge is -2.14. The molecule has 0 spiro atoms. The molecule has 0 aliphatic rings. The van der Waals surface area contributed by atoms with Crippen LogP contribution in [0.15, 0.2) is 0 Å². The predicted molar refractivity (Wildman–Crippen MR) is 41.6 cm³/mol. The number of alkyl halides is 3. The molecule has 0 radical (unpaired) electrons. The first-order chi connectivity index (χ1) is 6.38. The fourth-order valence-electron chi connectivity index (χ4n) is 0.572. The molecule has 84 valence electrons. The number of aliphatic hydroxyl groups excluding tert-OH is 1. The van der Waals surface area contributed by atoms with Crippen molar-refractivity contribution >= 4 is 5.91 Å². The van der Waals surface area contributed by atoms with Crippen LogP contribution in [0.1, 0.15) is 6.92 Å². The van der Waals surface area contributed by atoms with E-state index in [9.17, 15) is 18.0 Å². The SMILES string of the molecule is CCOCC(=O)NCC(O)C(F)(F)F. The van der Waals surface area contributed by atoms with Crippen molar-refractivity contribution < 1.29 is 27.8 Å². The van der Waals surface area contributed by atoms with E-state index in [4.69, 9.17) is 5.11 Å². The van der Waals surface area contributed by atoms with Crippen LogP contribution in [0, 0.1) is 0 Å². The van der Waals surface area contributed by atoms with Crippen LogP contribution < -0.4 is 5.32 Å². The molecule has 4 nitrogen and oxygen atoms in total. The van der Waals surface area contributed by atoms with Crippen molar-refractivity contribution in [3.05, 3.63) is 0 Å². The van der Waals surface area contributed by atoms with Crippen molar-refractivity contribution in [3.8, 4) is 0 Å². The van der Waals surface area contributed by atoms with Crippen LogP contribution in [0.25, 0.3) is 0 Å². The summed E-state index contributed by atoms with van der Waals surface area (Å²) in [5.74, 6) is -0.685. The van der Waals surface area contributed by atoms with Gasteiger partial charge in [-0.3, -0.25) is 4.79 Å². The molecule has 0 saturated heterocycles. The Morgan fingerprint density at radius 1 is 1.57 bits per heavy atom. The Morgan fingerprint density at radius 2 is 2.14 bits per heavy atom. The second-order valence-corrected chi connectivity index (χ2v) is 2.50. The zero-order valence-electron chi connectivity index (χ0n) is 7.60. The number of amides is 1. The highest BCUT2D eigenvalue weighted by molar-refractivity contribution is 5.77. The van der Waals surface area contributed by atoms with E-state index in [0.717, 1.165) is 0 Å². The molecule has 1 unspecified atom stereocenters. The van der Waals surface area contributed by atoms with Gasteiger partial charge in [0.05, 0.1) is 6.54 Å². The highest BCUT2D eigenvalue weighted by Gasteiger charge is 2.38. The van der Waals surface area contributed by atoms with Crippen molar-refractivity contribution in [2.75, 3.05) is 19.8 Å². The molecule has 1 amide bonds. The first-order valence-electron chi connectivity index (χ1n) is 3.97. The molecule has 0 aromatic heterocycles. The molecule has 14 heavy (non-hydrogen) atoms. The van der Waals surface area contributed by atoms with Crippen molar-refractivity contribution in [1.29, 1.82) is 0 Å². The number of hydrogen-bond acceptors (Lipinski definition) is 3. The minimum atomic E-state index is -4.71. The smallest absolute Gasteiger partial charge is 0.382 e. The van der Waals surface area contributed by atoms with Crippen LogP contribution >= 0.6 is 0 Å². The molecular formula is C7H12F3NO3. The zero-order valence-corrected chi connectivity index (χ0v) is 7.60. The first kappa shape index (κ1) is 13.2. The largest absolute Gasteiger partial charge is 0.416 e. The molecule has 0 aliphatic heterocycles. The monoisotopic (exact) mass is 215 g/mol. The molecule has 7 heteroatoms. The molecular weight excluding hydrogens is 203 g/mol. The molecule has 0 bridgehead atoms. The highest BCUT2D eigenvalue weighted by atomic mass is 19.4. The maximum Gasteiger partial charge on any atom is 0.416 e. The Morgan fingerprint density at radius 3 is 2.57 bits per heavy atom. The van der Waals surface area contributed by atoms with Crippen LogP contribution in [0.4, 0.5) is 13.2 Å². The zero-order chi connectivity index (χ0) is 11.2. The Hall–Kier alpha value is -0.820. The lowest BCUT2D eigenvalue weighted by Crippen LogP contribution is -2.41. The third-order valence-corrected chi connectivity index (χ3v) is 1.31. The minimum absolute atomic E-state index is 0.301. The van der Waals surface area contributed by atoms with Gasteiger partial charge in [0.2, 0.25) is 5.91 Å². The summed E-state index contributed by atoms with van der Waals surface area (Å²) >= 11 is 0. The van der Waals surface area contributed by atoms with Gasteiger partial charge in [-0.25, -0.2) is 0 Å². The maximum absolute atomic E-state index is 11.7. The standard InChI is InChI=1S/C7H12F3NO3/c1-2-14-4-6(13)11-3-5(12)7(8,9)10/h5,12H,2-4H2,1H3,(H,11,13). The quantitative estimate of drug-likeness (QED) is 0.682. The summed E-state index contributed by atoms with van der Waals surface area (Å²) in [5.41, 5.74) is 0. The summed E-state index contributed by atoms with van der Waals surface area (Å²) in [6.45, 7) is 0.795. The molecule has 0 aromatic rings. The third kappa shape index (κ3) is 5.76. The topological polar surface area (TPSA) is 58.6 Å². The van der Waals surface area contributed by atoms with Gasteiger partial charge in [-0.1, -0.05) is 0 Å². The van der Waals surface area contributed by atoms with E-state index in [1.54, 1.807) is 6.92 Å². The van der Waals surface area contributed by atoms with Crippen LogP contribution in [-0.4, -0.2) is 43.1 Å². The average Bonchev–Trinajstić information content (AvgIpc) is 2.09. The number of aliphatic hydroxyl groups is 1. The van der Waals surface area contributed by atoms with E-state index in [2.05, 4.69) is 4.74 Å². The van der Waals surface area contributed by atoms with Crippen LogP contribution in [0.5, 0.6) is 0 Å². The van der Waals surface area contributed by atoms with Crippen LogP contribution in [0.2, 0.25) is 0 Å². The van der Waals surface area contributed by atoms with Crippen LogP contribution in [0.3, 0.4) is 0 Å². The summed E-state index contributed by atoms with van der Waals surface area (Å²) in [6.07, 6.45) is -7.24. The average molecular weight is 215 g/mol. The molecule has 0 heterocycles. The molecule has 0 fully saturated rings. The van der Waals surface area contributed by atoms with E-state index in [1.165, 1.54) is 0 Å². The van der Waals surface area contributed by atoms with Gasteiger partial charge in [0.25, 0.3) is 0 Å². The van der Waals surface area contributed by atoms with Gasteiger partial charge in [-0.2, -0.15) is 13.2 Å². The van der Waals surface area contributed by atoms with Gasteiger partial charge in [0.15, 0.2) is 6.10 Å². The minimum Gasteiger partial charge on any atom is -0.382 e. The summed E-state index contributed by atoms with van der Waals surface area (Å²) in [4.78, 5) is 10.7. The van der Waals surface area contributed by atoms with Gasteiger partial charge in [-0.15, -0.1) is 0 Å². The first-order valence-corrected chi connectivity index (χ1v) is 3.97. The Balaban J connectivity index is 3.67. The van der Waals surface area contributed by atoms with Crippen molar-refractivity contribution in [1.82, 2.24) is 5.32 Å². The summed E-state index contributed by atoms with van der Waals surface area (Å²) in [7, 11) is 0. The summed E-state index contributed by atoms with van der Waals surface area (Å²) in [6, 6.07) is 0. The summed E-state index contributed by atoms with van der Waals surface area (Å²) < 4.78 is 39.8. The number of carbonyl (C=O) groups excluding carboxylic acids is 1. The second-order valence-electron chi connectivity index (χ2n) is 2.50. The van der Waals surface area contributed by atoms with Crippen LogP contribution in [-0.2, 0) is 9.53 Å². The fraction of sp³-hybridized carbons (Fsp3) is 0.857. The molecule has 0 rings (SSSR count). The number of halogens is 3. The van der Waals surface area contributed by atoms with Gasteiger partial charge < -0.3 is 15.2 Å². The van der Waals surface area contributed by atoms with E-state index >= 15 is 0 Å². The number of hydrogen-bond donors (Lipinski definition) is 2. The summed E-state index contributed by atoms with van der Waals surface area (Å²) in [5, 5.41) is 10.4. The van der Waals surface area contributed by atoms with Gasteiger partial charge in [-0.05, 0) is 6.92 Å². The highest BCUT2D eigenvalue weighted by Crippen LogP contribution is 2.18. The Kier molecular flexibility index (Phi) is 5.47. The second kappa shape index (κ2) is 5.82. The number of carbonyl (C=O) groups is 1. The maximum atomic E-state index is 11.7. The lowest BCUT2D eigenvalue weighted by atomic mass is 10.3. The van der Waals surface area contributed by atoms with E-state index < -0.39 is 24.7 Å². The molecule has 2 N–H and O–H groups in total. The van der Waals surface area contributed by atoms with E-state index in [0.29, 0.717) is 6.61 Å². The van der Waals surface area contributed by atoms with Crippen molar-refractivity contribution in [2.24, 2.45) is 0 Å². The van der Waals surface area contributed by atoms with Gasteiger partial charge >= 0.3 is 6.18 Å². The molecule has 0 aliphatic carbocycles. The predicted octanol–water partition coefficient (Wildman–Crippen LogP) is 0.0623.